The summed E-state index contributed by atoms with van der Waals surface area (Å²) in [6.07, 6.45) is 2.15. The third kappa shape index (κ3) is 5.62. The summed E-state index contributed by atoms with van der Waals surface area (Å²) in [5.41, 5.74) is 3.99. The van der Waals surface area contributed by atoms with Crippen LogP contribution in [-0.2, 0) is 13.0 Å². The Labute approximate surface area is 208 Å². The minimum Gasteiger partial charge on any atom is -0.508 e. The number of halogens is 1. The topological polar surface area (TPSA) is 107 Å². The van der Waals surface area contributed by atoms with Crippen LogP contribution in [0.3, 0.4) is 0 Å². The lowest BCUT2D eigenvalue weighted by molar-refractivity contribution is 0.0954. The first-order chi connectivity index (χ1) is 17.0. The minimum atomic E-state index is -0.282. The summed E-state index contributed by atoms with van der Waals surface area (Å²) in [6.45, 7) is 0.806. The highest BCUT2D eigenvalue weighted by molar-refractivity contribution is 6.32. The lowest BCUT2D eigenvalue weighted by Crippen LogP contribution is -2.27. The number of hydrogen-bond acceptors (Lipinski definition) is 6. The number of aromatic nitrogens is 1. The number of ether oxygens (including phenoxy) is 1. The van der Waals surface area contributed by atoms with Gasteiger partial charge in [-0.15, -0.1) is 0 Å². The second-order valence-corrected chi connectivity index (χ2v) is 8.29. The first kappa shape index (κ1) is 23.9. The van der Waals surface area contributed by atoms with Gasteiger partial charge in [-0.3, -0.25) is 9.78 Å². The summed E-state index contributed by atoms with van der Waals surface area (Å²) in [7, 11) is 1.56. The first-order valence-electron chi connectivity index (χ1n) is 10.9. The molecule has 7 nitrogen and oxygen atoms in total. The molecule has 0 saturated heterocycles. The van der Waals surface area contributed by atoms with Gasteiger partial charge in [-0.05, 0) is 60.0 Å². The molecule has 35 heavy (non-hydrogen) atoms. The standard InChI is InChI=1S/C27H23ClN4O3/c1-35-25-9-5-19(13-23(25)28)15-32-26-21-12-18(14-29)4-8-24(21)31-16-22(26)27(34)30-11-10-17-2-6-20(33)7-3-17/h2-9,12-13,16,33H,10-11,15H2,1H3,(H,30,34)(H,31,32). The van der Waals surface area contributed by atoms with Gasteiger partial charge in [0.05, 0.1) is 40.5 Å². The maximum atomic E-state index is 13.1. The zero-order chi connectivity index (χ0) is 24.8. The molecule has 1 amide bonds. The van der Waals surface area contributed by atoms with Crippen molar-refractivity contribution in [1.82, 2.24) is 10.3 Å². The van der Waals surface area contributed by atoms with Crippen molar-refractivity contribution in [1.29, 1.82) is 5.26 Å². The summed E-state index contributed by atoms with van der Waals surface area (Å²) in [6, 6.07) is 19.7. The van der Waals surface area contributed by atoms with Gasteiger partial charge in [0.2, 0.25) is 0 Å². The van der Waals surface area contributed by atoms with Gasteiger partial charge in [0.15, 0.2) is 0 Å². The molecule has 3 aromatic carbocycles. The number of methoxy groups -OCH3 is 1. The predicted molar refractivity (Wildman–Crippen MR) is 136 cm³/mol. The van der Waals surface area contributed by atoms with Crippen LogP contribution in [0.1, 0.15) is 27.0 Å². The minimum absolute atomic E-state index is 0.200. The monoisotopic (exact) mass is 486 g/mol. The van der Waals surface area contributed by atoms with Gasteiger partial charge in [-0.1, -0.05) is 29.8 Å². The number of phenols is 1. The fraction of sp³-hybridized carbons (Fsp3) is 0.148. The fourth-order valence-corrected chi connectivity index (χ4v) is 3.99. The second kappa shape index (κ2) is 10.8. The van der Waals surface area contributed by atoms with Crippen molar-refractivity contribution in [3.05, 3.63) is 94.1 Å². The van der Waals surface area contributed by atoms with E-state index in [4.69, 9.17) is 16.3 Å². The Morgan fingerprint density at radius 3 is 2.60 bits per heavy atom. The molecular weight excluding hydrogens is 464 g/mol. The molecule has 0 aliphatic carbocycles. The summed E-state index contributed by atoms with van der Waals surface area (Å²) in [5, 5.41) is 26.3. The highest BCUT2D eigenvalue weighted by atomic mass is 35.5. The average molecular weight is 487 g/mol. The van der Waals surface area contributed by atoms with E-state index in [1.165, 1.54) is 6.20 Å². The summed E-state index contributed by atoms with van der Waals surface area (Å²) in [5.74, 6) is 0.499. The van der Waals surface area contributed by atoms with Crippen LogP contribution in [0, 0.1) is 11.3 Å². The average Bonchev–Trinajstić information content (AvgIpc) is 2.88. The van der Waals surface area contributed by atoms with E-state index >= 15 is 0 Å². The van der Waals surface area contributed by atoms with E-state index in [2.05, 4.69) is 21.7 Å². The molecular formula is C27H23ClN4O3. The Morgan fingerprint density at radius 2 is 1.89 bits per heavy atom. The molecule has 0 aliphatic rings. The SMILES string of the molecule is COc1ccc(CNc2c(C(=O)NCCc3ccc(O)cc3)cnc3ccc(C#N)cc23)cc1Cl. The van der Waals surface area contributed by atoms with Crippen LogP contribution in [0.15, 0.2) is 66.9 Å². The van der Waals surface area contributed by atoms with E-state index < -0.39 is 0 Å². The van der Waals surface area contributed by atoms with Gasteiger partial charge in [-0.2, -0.15) is 5.26 Å². The number of carbonyl (C=O) groups is 1. The number of nitriles is 1. The number of rotatable bonds is 8. The van der Waals surface area contributed by atoms with E-state index in [0.717, 1.165) is 11.1 Å². The van der Waals surface area contributed by atoms with Crippen molar-refractivity contribution in [2.45, 2.75) is 13.0 Å². The molecule has 0 radical (unpaired) electrons. The van der Waals surface area contributed by atoms with Gasteiger partial charge in [-0.25, -0.2) is 0 Å². The van der Waals surface area contributed by atoms with E-state index in [9.17, 15) is 15.2 Å². The number of aromatic hydroxyl groups is 1. The lowest BCUT2D eigenvalue weighted by Gasteiger charge is -2.16. The molecule has 8 heteroatoms. The largest absolute Gasteiger partial charge is 0.508 e. The second-order valence-electron chi connectivity index (χ2n) is 7.89. The van der Waals surface area contributed by atoms with Crippen LogP contribution in [0.2, 0.25) is 5.02 Å². The molecule has 0 aliphatic heterocycles. The Morgan fingerprint density at radius 1 is 1.11 bits per heavy atom. The van der Waals surface area contributed by atoms with Crippen molar-refractivity contribution in [2.75, 3.05) is 19.0 Å². The molecule has 0 bridgehead atoms. The van der Waals surface area contributed by atoms with Crippen LogP contribution in [0.4, 0.5) is 5.69 Å². The lowest BCUT2D eigenvalue weighted by atomic mass is 10.1. The Bertz CT molecular complexity index is 1410. The quantitative estimate of drug-likeness (QED) is 0.321. The van der Waals surface area contributed by atoms with Gasteiger partial charge in [0.1, 0.15) is 11.5 Å². The molecule has 0 spiro atoms. The predicted octanol–water partition coefficient (Wildman–Crippen LogP) is 5.06. The summed E-state index contributed by atoms with van der Waals surface area (Å²) in [4.78, 5) is 17.6. The van der Waals surface area contributed by atoms with Crippen LogP contribution in [0.25, 0.3) is 10.9 Å². The maximum Gasteiger partial charge on any atom is 0.254 e. The Hall–Kier alpha value is -4.28. The van der Waals surface area contributed by atoms with Crippen molar-refractivity contribution in [2.24, 2.45) is 0 Å². The van der Waals surface area contributed by atoms with E-state index in [1.54, 1.807) is 49.6 Å². The molecule has 0 fully saturated rings. The number of nitrogens with one attached hydrogen (secondary N) is 2. The van der Waals surface area contributed by atoms with Crippen LogP contribution >= 0.6 is 11.6 Å². The highest BCUT2D eigenvalue weighted by Gasteiger charge is 2.16. The molecule has 0 atom stereocenters. The van der Waals surface area contributed by atoms with Crippen LogP contribution in [0.5, 0.6) is 11.5 Å². The number of amides is 1. The van der Waals surface area contributed by atoms with E-state index in [0.29, 0.717) is 58.0 Å². The molecule has 0 unspecified atom stereocenters. The van der Waals surface area contributed by atoms with Crippen LogP contribution in [-0.4, -0.2) is 29.7 Å². The van der Waals surface area contributed by atoms with Gasteiger partial charge >= 0.3 is 0 Å². The zero-order valence-electron chi connectivity index (χ0n) is 19.0. The van der Waals surface area contributed by atoms with E-state index in [1.807, 2.05) is 18.2 Å². The number of benzene rings is 3. The number of nitrogens with zero attached hydrogens (tertiary/aromatic N) is 2. The molecule has 4 rings (SSSR count). The van der Waals surface area contributed by atoms with Gasteiger partial charge in [0.25, 0.3) is 5.91 Å². The maximum absolute atomic E-state index is 13.1. The number of phenolic OH excluding ortho intramolecular Hbond substituents is 1. The number of hydrogen-bond donors (Lipinski definition) is 3. The molecule has 0 saturated carbocycles. The highest BCUT2D eigenvalue weighted by Crippen LogP contribution is 2.29. The van der Waals surface area contributed by atoms with Crippen molar-refractivity contribution < 1.29 is 14.6 Å². The number of pyridine rings is 1. The third-order valence-electron chi connectivity index (χ3n) is 5.56. The zero-order valence-corrected chi connectivity index (χ0v) is 19.8. The number of carbonyl (C=O) groups excluding carboxylic acids is 1. The molecule has 176 valence electrons. The van der Waals surface area contributed by atoms with Crippen molar-refractivity contribution >= 4 is 34.1 Å². The Kier molecular flexibility index (Phi) is 7.34. The molecule has 3 N–H and O–H groups in total. The van der Waals surface area contributed by atoms with E-state index in [-0.39, 0.29) is 11.7 Å². The summed E-state index contributed by atoms with van der Waals surface area (Å²) < 4.78 is 5.22. The van der Waals surface area contributed by atoms with Crippen LogP contribution < -0.4 is 15.4 Å². The van der Waals surface area contributed by atoms with Gasteiger partial charge < -0.3 is 20.5 Å². The molecule has 1 aromatic heterocycles. The summed E-state index contributed by atoms with van der Waals surface area (Å²) >= 11 is 6.27. The molecule has 4 aromatic rings. The normalized spacial score (nSPS) is 10.5. The fourth-order valence-electron chi connectivity index (χ4n) is 3.71. The first-order valence-corrected chi connectivity index (χ1v) is 11.3. The van der Waals surface area contributed by atoms with Crippen molar-refractivity contribution in [3.8, 4) is 17.6 Å². The molecule has 1 heterocycles. The third-order valence-corrected chi connectivity index (χ3v) is 5.86. The van der Waals surface area contributed by atoms with Gasteiger partial charge in [0, 0.05) is 24.7 Å². The number of fused-ring (bicyclic) bond motifs is 1. The number of anilines is 1. The van der Waals surface area contributed by atoms with Crippen molar-refractivity contribution in [3.63, 3.8) is 0 Å². The Balaban J connectivity index is 1.59. The smallest absolute Gasteiger partial charge is 0.254 e.